The molecule has 0 bridgehead atoms. The zero-order valence-corrected chi connectivity index (χ0v) is 22.2. The van der Waals surface area contributed by atoms with Crippen LogP contribution in [-0.2, 0) is 13.1 Å². The van der Waals surface area contributed by atoms with Crippen molar-refractivity contribution in [1.82, 2.24) is 34.9 Å². The van der Waals surface area contributed by atoms with Crippen LogP contribution in [0.5, 0.6) is 0 Å². The second kappa shape index (κ2) is 10.3. The second-order valence-corrected chi connectivity index (χ2v) is 9.87. The molecule has 0 spiro atoms. The monoisotopic (exact) mass is 498 g/mol. The van der Waals surface area contributed by atoms with Crippen LogP contribution in [0.1, 0.15) is 46.3 Å². The van der Waals surface area contributed by atoms with E-state index in [2.05, 4.69) is 27.6 Å². The van der Waals surface area contributed by atoms with Gasteiger partial charge in [-0.3, -0.25) is 9.48 Å². The van der Waals surface area contributed by atoms with Crippen molar-refractivity contribution in [3.63, 3.8) is 0 Å². The lowest BCUT2D eigenvalue weighted by atomic mass is 10.1. The van der Waals surface area contributed by atoms with E-state index in [0.29, 0.717) is 24.1 Å². The molecule has 2 N–H and O–H groups in total. The Labute approximate surface area is 217 Å². The Bertz CT molecular complexity index is 1450. The van der Waals surface area contributed by atoms with Crippen LogP contribution >= 0.6 is 0 Å². The Morgan fingerprint density at radius 1 is 1.16 bits per heavy atom. The molecule has 1 amide bonds. The average molecular weight is 499 g/mol. The Morgan fingerprint density at radius 2 is 2.00 bits per heavy atom. The predicted molar refractivity (Wildman–Crippen MR) is 146 cm³/mol. The van der Waals surface area contributed by atoms with E-state index >= 15 is 0 Å². The summed E-state index contributed by atoms with van der Waals surface area (Å²) in [5, 5.41) is 12.1. The van der Waals surface area contributed by atoms with Gasteiger partial charge in [-0.15, -0.1) is 0 Å². The summed E-state index contributed by atoms with van der Waals surface area (Å²) in [7, 11) is 1.81. The highest BCUT2D eigenvalue weighted by atomic mass is 16.2. The molecule has 0 radical (unpaired) electrons. The van der Waals surface area contributed by atoms with Crippen molar-refractivity contribution in [2.75, 3.05) is 25.5 Å². The molecular formula is C28H34N8O. The lowest BCUT2D eigenvalue weighted by molar-refractivity contribution is 0.0781. The van der Waals surface area contributed by atoms with Gasteiger partial charge in [0.2, 0.25) is 0 Å². The van der Waals surface area contributed by atoms with Crippen molar-refractivity contribution in [2.45, 2.75) is 53.2 Å². The molecule has 1 atom stereocenters. The van der Waals surface area contributed by atoms with Gasteiger partial charge in [-0.25, -0.2) is 15.0 Å². The van der Waals surface area contributed by atoms with Crippen LogP contribution in [-0.4, -0.2) is 61.7 Å². The fourth-order valence-electron chi connectivity index (χ4n) is 4.86. The van der Waals surface area contributed by atoms with E-state index in [-0.39, 0.29) is 5.91 Å². The zero-order valence-electron chi connectivity index (χ0n) is 22.2. The maximum Gasteiger partial charge on any atom is 0.273 e. The number of pyridine rings is 1. The topological polar surface area (TPSA) is 101 Å². The van der Waals surface area contributed by atoms with E-state index in [4.69, 9.17) is 9.97 Å². The van der Waals surface area contributed by atoms with Crippen LogP contribution < -0.4 is 10.6 Å². The lowest BCUT2D eigenvalue weighted by Gasteiger charge is -2.19. The fourth-order valence-corrected chi connectivity index (χ4v) is 4.86. The average Bonchev–Trinajstić information content (AvgIpc) is 3.52. The van der Waals surface area contributed by atoms with Gasteiger partial charge >= 0.3 is 0 Å². The smallest absolute Gasteiger partial charge is 0.273 e. The van der Waals surface area contributed by atoms with Crippen molar-refractivity contribution < 1.29 is 4.79 Å². The first-order valence-electron chi connectivity index (χ1n) is 12.8. The van der Waals surface area contributed by atoms with Crippen molar-refractivity contribution >= 4 is 22.6 Å². The molecule has 0 unspecified atom stereocenters. The molecular weight excluding hydrogens is 464 g/mol. The molecule has 1 saturated heterocycles. The van der Waals surface area contributed by atoms with Crippen LogP contribution in [0.2, 0.25) is 0 Å². The molecule has 4 heterocycles. The number of nitrogens with one attached hydrogen (secondary N) is 2. The molecule has 1 aliphatic heterocycles. The number of amides is 1. The van der Waals surface area contributed by atoms with E-state index in [1.165, 1.54) is 0 Å². The highest BCUT2D eigenvalue weighted by Crippen LogP contribution is 2.26. The summed E-state index contributed by atoms with van der Waals surface area (Å²) in [6.45, 7) is 11.2. The highest BCUT2D eigenvalue weighted by molar-refractivity contribution is 6.05. The van der Waals surface area contributed by atoms with Gasteiger partial charge < -0.3 is 15.5 Å². The van der Waals surface area contributed by atoms with Gasteiger partial charge in [-0.1, -0.05) is 11.6 Å². The van der Waals surface area contributed by atoms with Gasteiger partial charge in [0.15, 0.2) is 5.82 Å². The Morgan fingerprint density at radius 3 is 2.73 bits per heavy atom. The van der Waals surface area contributed by atoms with Gasteiger partial charge in [0, 0.05) is 60.6 Å². The minimum absolute atomic E-state index is 0.149. The number of aryl methyl sites for hydroxylation is 3. The number of aromatic nitrogens is 5. The summed E-state index contributed by atoms with van der Waals surface area (Å²) in [6, 6.07) is 10.2. The molecule has 5 rings (SSSR count). The quantitative estimate of drug-likeness (QED) is 0.399. The third-order valence-corrected chi connectivity index (χ3v) is 6.94. The number of carbonyl (C=O) groups excluding carboxylic acids is 1. The van der Waals surface area contributed by atoms with E-state index in [9.17, 15) is 4.79 Å². The number of anilines is 1. The van der Waals surface area contributed by atoms with Crippen LogP contribution in [0.4, 0.5) is 5.82 Å². The number of benzene rings is 1. The van der Waals surface area contributed by atoms with Crippen LogP contribution in [0, 0.1) is 20.8 Å². The molecule has 3 aromatic heterocycles. The first kappa shape index (κ1) is 24.8. The number of hydrogen-bond donors (Lipinski definition) is 2. The third-order valence-electron chi connectivity index (χ3n) is 6.94. The predicted octanol–water partition coefficient (Wildman–Crippen LogP) is 3.88. The molecule has 4 aromatic rings. The van der Waals surface area contributed by atoms with Crippen LogP contribution in [0.3, 0.4) is 0 Å². The lowest BCUT2D eigenvalue weighted by Crippen LogP contribution is -2.28. The van der Waals surface area contributed by atoms with Gasteiger partial charge in [0.25, 0.3) is 5.91 Å². The third kappa shape index (κ3) is 5.17. The second-order valence-electron chi connectivity index (χ2n) is 9.87. The van der Waals surface area contributed by atoms with Crippen molar-refractivity contribution in [3.8, 4) is 11.4 Å². The minimum Gasteiger partial charge on any atom is -0.366 e. The molecule has 1 aromatic carbocycles. The van der Waals surface area contributed by atoms with Crippen LogP contribution in [0.15, 0.2) is 36.5 Å². The normalized spacial score (nSPS) is 15.3. The summed E-state index contributed by atoms with van der Waals surface area (Å²) >= 11 is 0. The minimum atomic E-state index is -0.149. The molecule has 1 aliphatic rings. The largest absolute Gasteiger partial charge is 0.366 e. The summed E-state index contributed by atoms with van der Waals surface area (Å²) in [4.78, 5) is 29.9. The molecule has 1 fully saturated rings. The molecule has 9 heteroatoms. The number of carbonyl (C=O) groups is 1. The van der Waals surface area contributed by atoms with Gasteiger partial charge in [-0.2, -0.15) is 5.10 Å². The zero-order chi connectivity index (χ0) is 26.1. The fraction of sp³-hybridized carbons (Fsp3) is 0.393. The van der Waals surface area contributed by atoms with Crippen molar-refractivity contribution in [2.24, 2.45) is 0 Å². The molecule has 9 nitrogen and oxygen atoms in total. The molecule has 0 aliphatic carbocycles. The number of hydrogen-bond acceptors (Lipinski definition) is 7. The molecule has 37 heavy (non-hydrogen) atoms. The number of fused-ring (bicyclic) bond motifs is 1. The van der Waals surface area contributed by atoms with E-state index in [0.717, 1.165) is 70.9 Å². The summed E-state index contributed by atoms with van der Waals surface area (Å²) in [6.07, 6.45) is 2.89. The van der Waals surface area contributed by atoms with Gasteiger partial charge in [0.05, 0.1) is 11.7 Å². The Balaban J connectivity index is 1.53. The van der Waals surface area contributed by atoms with E-state index in [1.807, 2.05) is 69.0 Å². The first-order valence-corrected chi connectivity index (χ1v) is 12.8. The van der Waals surface area contributed by atoms with Crippen LogP contribution in [0.25, 0.3) is 22.3 Å². The highest BCUT2D eigenvalue weighted by Gasteiger charge is 2.22. The molecule has 192 valence electrons. The SMILES string of the molecule is CCn1ncc(CN(C)C(=O)c2nc(-c3cc(C)nc(N[C@@H]4CCNC4)c3)nc3ccc(C)cc23)c1C. The summed E-state index contributed by atoms with van der Waals surface area (Å²) < 4.78 is 1.94. The summed E-state index contributed by atoms with van der Waals surface area (Å²) in [5.41, 5.74) is 5.98. The standard InChI is InChI=1S/C28H34N8O/c1-6-36-19(4)21(14-30-36)16-35(5)28(37)26-23-11-17(2)7-8-24(23)33-27(34-26)20-12-18(3)31-25(13-20)32-22-9-10-29-15-22/h7-8,11-14,22,29H,6,9-10,15-16H2,1-5H3,(H,31,32)/t22-/m1/s1. The molecule has 0 saturated carbocycles. The van der Waals surface area contributed by atoms with Gasteiger partial charge in [-0.05, 0) is 64.9 Å². The Hall–Kier alpha value is -3.85. The maximum atomic E-state index is 13.8. The van der Waals surface area contributed by atoms with Crippen molar-refractivity contribution in [3.05, 3.63) is 64.7 Å². The van der Waals surface area contributed by atoms with E-state index < -0.39 is 0 Å². The maximum absolute atomic E-state index is 13.8. The van der Waals surface area contributed by atoms with Gasteiger partial charge in [0.1, 0.15) is 11.5 Å². The number of nitrogens with zero attached hydrogens (tertiary/aromatic N) is 6. The van der Waals surface area contributed by atoms with E-state index in [1.54, 1.807) is 4.90 Å². The first-order chi connectivity index (χ1) is 17.8. The Kier molecular flexibility index (Phi) is 6.88. The number of rotatable bonds is 7. The van der Waals surface area contributed by atoms with Crippen molar-refractivity contribution in [1.29, 1.82) is 0 Å². The summed E-state index contributed by atoms with van der Waals surface area (Å²) in [5.74, 6) is 1.16.